The molecule has 0 bridgehead atoms. The molecule has 0 aliphatic heterocycles. The highest BCUT2D eigenvalue weighted by molar-refractivity contribution is 7.99. The van der Waals surface area contributed by atoms with Crippen LogP contribution in [-0.4, -0.2) is 39.4 Å². The number of anilines is 1. The molecule has 0 radical (unpaired) electrons. The number of methoxy groups -OCH3 is 1. The zero-order valence-electron chi connectivity index (χ0n) is 18.6. The fourth-order valence-corrected chi connectivity index (χ4v) is 4.06. The first-order valence-electron chi connectivity index (χ1n) is 10.3. The SMILES string of the molecule is CCn1c(SCC(=O)Nc2ccccc2OC)nnc1[C@@H](C)NC(=O)c1ccccc1C. The highest BCUT2D eigenvalue weighted by Gasteiger charge is 2.21. The van der Waals surface area contributed by atoms with Crippen LogP contribution >= 0.6 is 11.8 Å². The summed E-state index contributed by atoms with van der Waals surface area (Å²) in [5.74, 6) is 1.07. The van der Waals surface area contributed by atoms with Crippen molar-refractivity contribution in [3.8, 4) is 5.75 Å². The van der Waals surface area contributed by atoms with Crippen molar-refractivity contribution in [3.05, 3.63) is 65.5 Å². The van der Waals surface area contributed by atoms with Gasteiger partial charge in [-0.1, -0.05) is 42.1 Å². The Hall–Kier alpha value is -3.33. The van der Waals surface area contributed by atoms with E-state index in [0.29, 0.717) is 34.5 Å². The molecule has 1 heterocycles. The lowest BCUT2D eigenvalue weighted by atomic mass is 10.1. The van der Waals surface area contributed by atoms with Crippen LogP contribution in [0.25, 0.3) is 0 Å². The van der Waals surface area contributed by atoms with E-state index in [-0.39, 0.29) is 23.6 Å². The monoisotopic (exact) mass is 453 g/mol. The summed E-state index contributed by atoms with van der Waals surface area (Å²) in [4.78, 5) is 25.1. The van der Waals surface area contributed by atoms with Crippen molar-refractivity contribution < 1.29 is 14.3 Å². The third-order valence-electron chi connectivity index (χ3n) is 4.90. The third-order valence-corrected chi connectivity index (χ3v) is 5.87. The number of nitrogens with one attached hydrogen (secondary N) is 2. The van der Waals surface area contributed by atoms with Gasteiger partial charge in [0.05, 0.1) is 24.6 Å². The molecule has 2 amide bonds. The molecular weight excluding hydrogens is 426 g/mol. The van der Waals surface area contributed by atoms with Crippen molar-refractivity contribution in [3.63, 3.8) is 0 Å². The number of carbonyl (C=O) groups excluding carboxylic acids is 2. The Kier molecular flexibility index (Phi) is 7.88. The van der Waals surface area contributed by atoms with Gasteiger partial charge in [-0.15, -0.1) is 10.2 Å². The van der Waals surface area contributed by atoms with E-state index in [1.165, 1.54) is 11.8 Å². The zero-order chi connectivity index (χ0) is 23.1. The second-order valence-corrected chi connectivity index (χ2v) is 8.07. The van der Waals surface area contributed by atoms with Gasteiger partial charge in [-0.2, -0.15) is 0 Å². The highest BCUT2D eigenvalue weighted by atomic mass is 32.2. The van der Waals surface area contributed by atoms with Crippen LogP contribution in [0, 0.1) is 6.92 Å². The number of nitrogens with zero attached hydrogens (tertiary/aromatic N) is 3. The average molecular weight is 454 g/mol. The lowest BCUT2D eigenvalue weighted by Crippen LogP contribution is -2.29. The summed E-state index contributed by atoms with van der Waals surface area (Å²) in [7, 11) is 1.56. The van der Waals surface area contributed by atoms with Crippen LogP contribution in [0.2, 0.25) is 0 Å². The second kappa shape index (κ2) is 10.8. The number of benzene rings is 2. The number of rotatable bonds is 9. The van der Waals surface area contributed by atoms with E-state index < -0.39 is 0 Å². The molecule has 3 rings (SSSR count). The Labute approximate surface area is 191 Å². The average Bonchev–Trinajstić information content (AvgIpc) is 3.21. The number of aryl methyl sites for hydroxylation is 1. The molecule has 0 saturated heterocycles. The predicted octanol–water partition coefficient (Wildman–Crippen LogP) is 3.84. The van der Waals surface area contributed by atoms with Crippen LogP contribution in [0.4, 0.5) is 5.69 Å². The molecule has 0 fully saturated rings. The lowest BCUT2D eigenvalue weighted by molar-refractivity contribution is -0.113. The van der Waals surface area contributed by atoms with Gasteiger partial charge in [-0.05, 0) is 44.5 Å². The van der Waals surface area contributed by atoms with E-state index in [0.717, 1.165) is 5.56 Å². The van der Waals surface area contributed by atoms with Gasteiger partial charge in [-0.3, -0.25) is 9.59 Å². The van der Waals surface area contributed by atoms with Crippen molar-refractivity contribution in [1.82, 2.24) is 20.1 Å². The molecular formula is C23H27N5O3S. The predicted molar refractivity (Wildman–Crippen MR) is 125 cm³/mol. The molecule has 0 aliphatic rings. The first kappa shape index (κ1) is 23.3. The quantitative estimate of drug-likeness (QED) is 0.478. The molecule has 0 spiro atoms. The molecule has 32 heavy (non-hydrogen) atoms. The highest BCUT2D eigenvalue weighted by Crippen LogP contribution is 2.25. The minimum atomic E-state index is -0.341. The summed E-state index contributed by atoms with van der Waals surface area (Å²) in [6.45, 7) is 6.36. The minimum Gasteiger partial charge on any atom is -0.495 e. The number of aromatic nitrogens is 3. The molecule has 2 N–H and O–H groups in total. The fraction of sp³-hybridized carbons (Fsp3) is 0.304. The summed E-state index contributed by atoms with van der Waals surface area (Å²) in [5, 5.41) is 15.0. The first-order chi connectivity index (χ1) is 15.4. The lowest BCUT2D eigenvalue weighted by Gasteiger charge is -2.16. The molecule has 168 valence electrons. The van der Waals surface area contributed by atoms with Gasteiger partial charge < -0.3 is 19.9 Å². The van der Waals surface area contributed by atoms with Gasteiger partial charge in [0.1, 0.15) is 5.75 Å². The summed E-state index contributed by atoms with van der Waals surface area (Å²) < 4.78 is 7.17. The smallest absolute Gasteiger partial charge is 0.252 e. The maximum atomic E-state index is 12.7. The molecule has 0 aliphatic carbocycles. The van der Waals surface area contributed by atoms with Gasteiger partial charge >= 0.3 is 0 Å². The maximum absolute atomic E-state index is 12.7. The topological polar surface area (TPSA) is 98.1 Å². The Morgan fingerprint density at radius 1 is 1.12 bits per heavy atom. The fourth-order valence-electron chi connectivity index (χ4n) is 3.26. The molecule has 0 unspecified atom stereocenters. The molecule has 8 nitrogen and oxygen atoms in total. The number of hydrogen-bond acceptors (Lipinski definition) is 6. The molecule has 1 atom stereocenters. The molecule has 1 aromatic heterocycles. The number of para-hydroxylation sites is 2. The standard InChI is InChI=1S/C23H27N5O3S/c1-5-28-21(16(3)24-22(30)17-11-7-6-10-15(17)2)26-27-23(28)32-14-20(29)25-18-12-8-9-13-19(18)31-4/h6-13,16H,5,14H2,1-4H3,(H,24,30)(H,25,29)/t16-/m1/s1. The van der Waals surface area contributed by atoms with Crippen molar-refractivity contribution in [2.45, 2.75) is 38.5 Å². The first-order valence-corrected chi connectivity index (χ1v) is 11.3. The minimum absolute atomic E-state index is 0.161. The van der Waals surface area contributed by atoms with Crippen molar-refractivity contribution >= 4 is 29.3 Å². The van der Waals surface area contributed by atoms with Crippen LogP contribution in [-0.2, 0) is 11.3 Å². The van der Waals surface area contributed by atoms with Crippen LogP contribution < -0.4 is 15.4 Å². The van der Waals surface area contributed by atoms with E-state index >= 15 is 0 Å². The second-order valence-electron chi connectivity index (χ2n) is 7.13. The van der Waals surface area contributed by atoms with E-state index in [1.54, 1.807) is 25.3 Å². The summed E-state index contributed by atoms with van der Waals surface area (Å²) >= 11 is 1.29. The number of carbonyl (C=O) groups is 2. The van der Waals surface area contributed by atoms with Gasteiger partial charge in [0.25, 0.3) is 5.91 Å². The Bertz CT molecular complexity index is 1100. The Morgan fingerprint density at radius 2 is 1.84 bits per heavy atom. The number of ether oxygens (including phenoxy) is 1. The van der Waals surface area contributed by atoms with Crippen LogP contribution in [0.3, 0.4) is 0 Å². The van der Waals surface area contributed by atoms with E-state index in [9.17, 15) is 9.59 Å². The van der Waals surface area contributed by atoms with Crippen LogP contribution in [0.5, 0.6) is 5.75 Å². The largest absolute Gasteiger partial charge is 0.495 e. The summed E-state index contributed by atoms with van der Waals surface area (Å²) in [6.07, 6.45) is 0. The van der Waals surface area contributed by atoms with Crippen LogP contribution in [0.15, 0.2) is 53.7 Å². The Balaban J connectivity index is 1.64. The van der Waals surface area contributed by atoms with Crippen LogP contribution in [0.1, 0.15) is 41.6 Å². The zero-order valence-corrected chi connectivity index (χ0v) is 19.4. The van der Waals surface area contributed by atoms with E-state index in [1.807, 2.05) is 55.7 Å². The van der Waals surface area contributed by atoms with Gasteiger partial charge in [0.15, 0.2) is 11.0 Å². The van der Waals surface area contributed by atoms with E-state index in [2.05, 4.69) is 20.8 Å². The number of amides is 2. The van der Waals surface area contributed by atoms with Gasteiger partial charge in [0, 0.05) is 12.1 Å². The molecule has 9 heteroatoms. The number of hydrogen-bond donors (Lipinski definition) is 2. The third kappa shape index (κ3) is 5.47. The molecule has 3 aromatic rings. The van der Waals surface area contributed by atoms with Gasteiger partial charge in [0.2, 0.25) is 5.91 Å². The van der Waals surface area contributed by atoms with Gasteiger partial charge in [-0.25, -0.2) is 0 Å². The normalized spacial score (nSPS) is 11.6. The maximum Gasteiger partial charge on any atom is 0.252 e. The molecule has 2 aromatic carbocycles. The van der Waals surface area contributed by atoms with Crippen molar-refractivity contribution in [2.24, 2.45) is 0 Å². The Morgan fingerprint density at radius 3 is 2.56 bits per heavy atom. The number of thioether (sulfide) groups is 1. The summed E-state index contributed by atoms with van der Waals surface area (Å²) in [6, 6.07) is 14.3. The molecule has 0 saturated carbocycles. The van der Waals surface area contributed by atoms with Crippen molar-refractivity contribution in [1.29, 1.82) is 0 Å². The van der Waals surface area contributed by atoms with E-state index in [4.69, 9.17) is 4.74 Å². The summed E-state index contributed by atoms with van der Waals surface area (Å²) in [5.41, 5.74) is 2.15. The van der Waals surface area contributed by atoms with Crippen molar-refractivity contribution in [2.75, 3.05) is 18.2 Å².